The maximum absolute atomic E-state index is 13.2. The Labute approximate surface area is 171 Å². The zero-order valence-corrected chi connectivity index (χ0v) is 19.0. The Hall–Kier alpha value is -1.37. The first-order chi connectivity index (χ1) is 12.9. The molecule has 28 heavy (non-hydrogen) atoms. The third-order valence-electron chi connectivity index (χ3n) is 5.91. The van der Waals surface area contributed by atoms with Gasteiger partial charge in [0.1, 0.15) is 10.6 Å². The lowest BCUT2D eigenvalue weighted by molar-refractivity contribution is 0.435. The molecule has 0 radical (unpaired) electrons. The van der Waals surface area contributed by atoms with Gasteiger partial charge in [0.15, 0.2) is 0 Å². The van der Waals surface area contributed by atoms with Crippen molar-refractivity contribution in [2.45, 2.75) is 83.4 Å². The Morgan fingerprint density at radius 3 is 2.46 bits per heavy atom. The molecule has 2 atom stereocenters. The van der Waals surface area contributed by atoms with Gasteiger partial charge in [-0.05, 0) is 59.1 Å². The van der Waals surface area contributed by atoms with E-state index in [2.05, 4.69) is 17.7 Å². The number of aromatic nitrogens is 2. The molecule has 1 unspecified atom stereocenters. The highest BCUT2D eigenvalue weighted by molar-refractivity contribution is 7.90. The molecule has 154 valence electrons. The van der Waals surface area contributed by atoms with Gasteiger partial charge in [0.05, 0.1) is 16.9 Å². The van der Waals surface area contributed by atoms with Crippen LogP contribution in [0, 0.1) is 6.92 Å². The van der Waals surface area contributed by atoms with Crippen LogP contribution >= 0.6 is 0 Å². The molecular weight excluding hydrogens is 370 g/mol. The first-order valence-corrected chi connectivity index (χ1v) is 11.3. The topological polar surface area (TPSA) is 70.0 Å². The van der Waals surface area contributed by atoms with Crippen LogP contribution in [0.25, 0.3) is 10.9 Å². The number of hydrogen-bond acceptors (Lipinski definition) is 4. The van der Waals surface area contributed by atoms with Gasteiger partial charge in [-0.3, -0.25) is 9.36 Å². The van der Waals surface area contributed by atoms with Crippen LogP contribution in [0.1, 0.15) is 83.3 Å². The number of rotatable bonds is 4. The Kier molecular flexibility index (Phi) is 5.69. The summed E-state index contributed by atoms with van der Waals surface area (Å²) in [5.41, 5.74) is 2.63. The highest BCUT2D eigenvalue weighted by atomic mass is 32.2. The van der Waals surface area contributed by atoms with E-state index in [1.54, 1.807) is 4.57 Å². The minimum Gasteiger partial charge on any atom is -0.598 e. The number of fused-ring (bicyclic) bond motifs is 1. The molecule has 2 aromatic rings. The fraction of sp³-hybridized carbons (Fsp3) is 0.636. The van der Waals surface area contributed by atoms with Gasteiger partial charge in [-0.1, -0.05) is 25.8 Å². The van der Waals surface area contributed by atoms with Crippen LogP contribution < -0.4 is 10.3 Å². The van der Waals surface area contributed by atoms with Crippen LogP contribution in [0.15, 0.2) is 16.9 Å². The van der Waals surface area contributed by atoms with Gasteiger partial charge >= 0.3 is 0 Å². The summed E-state index contributed by atoms with van der Waals surface area (Å²) in [7, 11) is 1.84. The number of nitrogens with one attached hydrogen (secondary N) is 1. The van der Waals surface area contributed by atoms with Gasteiger partial charge in [0.25, 0.3) is 5.56 Å². The lowest BCUT2D eigenvalue weighted by atomic mass is 9.87. The number of benzene rings is 1. The predicted octanol–water partition coefficient (Wildman–Crippen LogP) is 4.19. The Morgan fingerprint density at radius 2 is 1.89 bits per heavy atom. The van der Waals surface area contributed by atoms with Crippen molar-refractivity contribution in [3.05, 3.63) is 39.4 Å². The van der Waals surface area contributed by atoms with E-state index in [0.717, 1.165) is 35.3 Å². The molecule has 1 heterocycles. The molecule has 0 amide bonds. The molecule has 3 rings (SSSR count). The van der Waals surface area contributed by atoms with Crippen LogP contribution in [0.3, 0.4) is 0 Å². The van der Waals surface area contributed by atoms with Crippen molar-refractivity contribution in [3.8, 4) is 0 Å². The molecule has 1 N–H and O–H groups in total. The van der Waals surface area contributed by atoms with Crippen molar-refractivity contribution < 1.29 is 4.55 Å². The molecule has 1 saturated carbocycles. The summed E-state index contributed by atoms with van der Waals surface area (Å²) in [6, 6.07) is 3.81. The highest BCUT2D eigenvalue weighted by Gasteiger charge is 2.35. The van der Waals surface area contributed by atoms with E-state index < -0.39 is 11.4 Å². The number of aryl methyl sites for hydroxylation is 1. The van der Waals surface area contributed by atoms with Gasteiger partial charge in [0, 0.05) is 29.4 Å². The van der Waals surface area contributed by atoms with Crippen molar-refractivity contribution >= 4 is 22.3 Å². The Morgan fingerprint density at radius 1 is 1.29 bits per heavy atom. The molecule has 0 spiro atoms. The van der Waals surface area contributed by atoms with E-state index >= 15 is 0 Å². The third-order valence-corrected chi connectivity index (χ3v) is 7.59. The Balaban J connectivity index is 2.18. The highest BCUT2D eigenvalue weighted by Crippen LogP contribution is 2.40. The zero-order valence-electron chi connectivity index (χ0n) is 18.2. The molecule has 0 saturated heterocycles. The molecule has 1 fully saturated rings. The van der Waals surface area contributed by atoms with Crippen molar-refractivity contribution in [3.63, 3.8) is 0 Å². The standard InChI is InChI=1S/C22H33N3O2S/c1-14-12-16(15(2)24-28(27)21(3,4)5)18-17(13-14)19(26)25(7)20(23-18)22(6)10-8-9-11-22/h12-13,15,24H,8-11H2,1-7H3/t15?,28-/m1/s1. The van der Waals surface area contributed by atoms with Crippen molar-refractivity contribution in [1.29, 1.82) is 0 Å². The van der Waals surface area contributed by atoms with E-state index in [1.165, 1.54) is 12.8 Å². The second kappa shape index (κ2) is 7.47. The first-order valence-electron chi connectivity index (χ1n) is 10.1. The smallest absolute Gasteiger partial charge is 0.261 e. The van der Waals surface area contributed by atoms with Gasteiger partial charge < -0.3 is 4.55 Å². The maximum Gasteiger partial charge on any atom is 0.261 e. The first kappa shape index (κ1) is 21.3. The summed E-state index contributed by atoms with van der Waals surface area (Å²) >= 11 is -1.20. The summed E-state index contributed by atoms with van der Waals surface area (Å²) in [5.74, 6) is 0.872. The quantitative estimate of drug-likeness (QED) is 0.777. The average molecular weight is 404 g/mol. The molecule has 6 heteroatoms. The van der Waals surface area contributed by atoms with Crippen LogP contribution in [-0.2, 0) is 23.8 Å². The molecule has 1 aliphatic carbocycles. The van der Waals surface area contributed by atoms with E-state index in [4.69, 9.17) is 4.98 Å². The minimum atomic E-state index is -1.20. The lowest BCUT2D eigenvalue weighted by Crippen LogP contribution is -2.40. The van der Waals surface area contributed by atoms with E-state index in [9.17, 15) is 9.35 Å². The minimum absolute atomic E-state index is 0.00205. The maximum atomic E-state index is 13.2. The van der Waals surface area contributed by atoms with Crippen LogP contribution in [0.2, 0.25) is 0 Å². The normalized spacial score (nSPS) is 19.1. The summed E-state index contributed by atoms with van der Waals surface area (Å²) < 4.78 is 17.2. The third kappa shape index (κ3) is 3.87. The van der Waals surface area contributed by atoms with E-state index in [0.29, 0.717) is 5.39 Å². The molecule has 5 nitrogen and oxygen atoms in total. The lowest BCUT2D eigenvalue weighted by Gasteiger charge is -2.28. The zero-order chi connectivity index (χ0) is 20.9. The second-order valence-electron chi connectivity index (χ2n) is 9.54. The van der Waals surface area contributed by atoms with Crippen LogP contribution in [0.4, 0.5) is 0 Å². The van der Waals surface area contributed by atoms with E-state index in [1.807, 2.05) is 47.7 Å². The van der Waals surface area contributed by atoms with Gasteiger partial charge in [0.2, 0.25) is 0 Å². The van der Waals surface area contributed by atoms with E-state index in [-0.39, 0.29) is 21.8 Å². The molecule has 1 aliphatic rings. The van der Waals surface area contributed by atoms with Crippen LogP contribution in [0.5, 0.6) is 0 Å². The SMILES string of the molecule is Cc1cc(C(C)N[S@+]([O-])C(C)(C)C)c2nc(C3(C)CCCC3)n(C)c(=O)c2c1. The molecule has 1 aromatic heterocycles. The van der Waals surface area contributed by atoms with Crippen LogP contribution in [-0.4, -0.2) is 18.9 Å². The summed E-state index contributed by atoms with van der Waals surface area (Å²) in [6.07, 6.45) is 4.46. The predicted molar refractivity (Wildman–Crippen MR) is 117 cm³/mol. The van der Waals surface area contributed by atoms with Crippen molar-refractivity contribution in [2.24, 2.45) is 7.05 Å². The van der Waals surface area contributed by atoms with Gasteiger partial charge in [-0.25, -0.2) is 4.98 Å². The number of hydrogen-bond donors (Lipinski definition) is 1. The monoisotopic (exact) mass is 403 g/mol. The fourth-order valence-corrected chi connectivity index (χ4v) is 5.00. The van der Waals surface area contributed by atoms with Crippen molar-refractivity contribution in [1.82, 2.24) is 14.3 Å². The molecule has 0 aliphatic heterocycles. The Bertz CT molecular complexity index is 939. The molecule has 1 aromatic carbocycles. The molecule has 0 bridgehead atoms. The summed E-state index contributed by atoms with van der Waals surface area (Å²) in [4.78, 5) is 18.2. The average Bonchev–Trinajstić information content (AvgIpc) is 3.04. The molecular formula is C22H33N3O2S. The summed E-state index contributed by atoms with van der Waals surface area (Å²) in [6.45, 7) is 12.0. The largest absolute Gasteiger partial charge is 0.598 e. The van der Waals surface area contributed by atoms with Gasteiger partial charge in [-0.15, -0.1) is 4.72 Å². The van der Waals surface area contributed by atoms with Crippen molar-refractivity contribution in [2.75, 3.05) is 0 Å². The summed E-state index contributed by atoms with van der Waals surface area (Å²) in [5, 5.41) is 0.637. The number of nitrogens with zero attached hydrogens (tertiary/aromatic N) is 2. The second-order valence-corrected chi connectivity index (χ2v) is 11.5. The van der Waals surface area contributed by atoms with Gasteiger partial charge in [-0.2, -0.15) is 0 Å². The fourth-order valence-electron chi connectivity index (χ4n) is 4.20.